The summed E-state index contributed by atoms with van der Waals surface area (Å²) in [5.41, 5.74) is 6.66. The zero-order valence-electron chi connectivity index (χ0n) is 31.6. The molecule has 9 rings (SSSR count). The van der Waals surface area contributed by atoms with E-state index in [0.717, 1.165) is 0 Å². The van der Waals surface area contributed by atoms with Crippen molar-refractivity contribution >= 4 is 43.6 Å². The zero-order chi connectivity index (χ0) is 38.6. The molecule has 0 aliphatic heterocycles. The SMILES string of the molecule is CC(C)(c1ccccc1)c1ccc(Oc2ccc3[nH]c4cc5c(=O)c6cc(Oc7ccc(C(C)(C)c8ccccc8)cc7)ccc6[nH]c5cc4c(=O)c3c2)cc1. The molecule has 0 fully saturated rings. The summed E-state index contributed by atoms with van der Waals surface area (Å²) in [5, 5.41) is 1.95. The predicted molar refractivity (Wildman–Crippen MR) is 228 cm³/mol. The second-order valence-electron chi connectivity index (χ2n) is 15.5. The van der Waals surface area contributed by atoms with Gasteiger partial charge in [0.1, 0.15) is 23.0 Å². The first kappa shape index (κ1) is 34.8. The summed E-state index contributed by atoms with van der Waals surface area (Å²) in [6.07, 6.45) is 0. The van der Waals surface area contributed by atoms with Crippen LogP contribution in [0.2, 0.25) is 0 Å². The Balaban J connectivity index is 0.991. The quantitative estimate of drug-likeness (QED) is 0.152. The fourth-order valence-electron chi connectivity index (χ4n) is 7.72. The Hall–Kier alpha value is -6.92. The fourth-order valence-corrected chi connectivity index (χ4v) is 7.72. The highest BCUT2D eigenvalue weighted by Crippen LogP contribution is 2.35. The van der Waals surface area contributed by atoms with Crippen LogP contribution in [0, 0.1) is 0 Å². The molecule has 0 spiro atoms. The van der Waals surface area contributed by atoms with Crippen LogP contribution in [-0.2, 0) is 10.8 Å². The summed E-state index contributed by atoms with van der Waals surface area (Å²) in [7, 11) is 0. The number of nitrogens with one attached hydrogen (secondary N) is 2. The van der Waals surface area contributed by atoms with Crippen LogP contribution >= 0.6 is 0 Å². The maximum Gasteiger partial charge on any atom is 0.197 e. The average Bonchev–Trinajstić information content (AvgIpc) is 3.22. The number of hydrogen-bond donors (Lipinski definition) is 2. The summed E-state index contributed by atoms with van der Waals surface area (Å²) < 4.78 is 12.5. The number of aromatic amines is 2. The van der Waals surface area contributed by atoms with Crippen LogP contribution < -0.4 is 20.3 Å². The van der Waals surface area contributed by atoms with E-state index in [-0.39, 0.29) is 21.7 Å². The van der Waals surface area contributed by atoms with Crippen molar-refractivity contribution in [2.75, 3.05) is 0 Å². The summed E-state index contributed by atoms with van der Waals surface area (Å²) in [6.45, 7) is 8.83. The van der Waals surface area contributed by atoms with Gasteiger partial charge in [0.2, 0.25) is 0 Å². The largest absolute Gasteiger partial charge is 0.457 e. The summed E-state index contributed by atoms with van der Waals surface area (Å²) in [6, 6.07) is 51.4. The topological polar surface area (TPSA) is 84.2 Å². The first-order valence-electron chi connectivity index (χ1n) is 18.8. The Bertz CT molecular complexity index is 2830. The molecule has 6 nitrogen and oxygen atoms in total. The minimum absolute atomic E-state index is 0.149. The van der Waals surface area contributed by atoms with Gasteiger partial charge in [-0.25, -0.2) is 0 Å². The van der Waals surface area contributed by atoms with Crippen LogP contribution in [0.15, 0.2) is 167 Å². The third-order valence-electron chi connectivity index (χ3n) is 11.3. The van der Waals surface area contributed by atoms with Crippen molar-refractivity contribution < 1.29 is 9.47 Å². The fraction of sp³-hybridized carbons (Fsp3) is 0.120. The van der Waals surface area contributed by atoms with E-state index in [9.17, 15) is 9.59 Å². The number of rotatable bonds is 8. The van der Waals surface area contributed by atoms with Gasteiger partial charge in [-0.05, 0) is 95.1 Å². The number of pyridine rings is 2. The van der Waals surface area contributed by atoms with Crippen molar-refractivity contribution in [1.82, 2.24) is 9.97 Å². The van der Waals surface area contributed by atoms with E-state index in [1.165, 1.54) is 22.3 Å². The van der Waals surface area contributed by atoms with E-state index in [0.29, 0.717) is 66.6 Å². The van der Waals surface area contributed by atoms with Crippen LogP contribution in [0.1, 0.15) is 49.9 Å². The Morgan fingerprint density at radius 3 is 1.05 bits per heavy atom. The first-order chi connectivity index (χ1) is 27.0. The molecule has 0 aliphatic carbocycles. The Morgan fingerprint density at radius 1 is 0.357 bits per heavy atom. The van der Waals surface area contributed by atoms with Gasteiger partial charge in [0.25, 0.3) is 0 Å². The molecule has 274 valence electrons. The lowest BCUT2D eigenvalue weighted by Gasteiger charge is -2.26. The average molecular weight is 733 g/mol. The second-order valence-corrected chi connectivity index (χ2v) is 15.5. The van der Waals surface area contributed by atoms with Crippen LogP contribution in [0.5, 0.6) is 23.0 Å². The Morgan fingerprint density at radius 2 is 0.679 bits per heavy atom. The van der Waals surface area contributed by atoms with Gasteiger partial charge in [0.15, 0.2) is 10.9 Å². The van der Waals surface area contributed by atoms with Gasteiger partial charge in [-0.15, -0.1) is 0 Å². The van der Waals surface area contributed by atoms with Gasteiger partial charge in [-0.2, -0.15) is 0 Å². The molecular formula is C50H40N2O4. The molecule has 0 radical (unpaired) electrons. The third kappa shape index (κ3) is 6.19. The lowest BCUT2D eigenvalue weighted by molar-refractivity contribution is 0.482. The van der Waals surface area contributed by atoms with Crippen molar-refractivity contribution in [2.24, 2.45) is 0 Å². The summed E-state index contributed by atoms with van der Waals surface area (Å²) in [5.74, 6) is 2.48. The number of H-pyrrole nitrogens is 2. The predicted octanol–water partition coefficient (Wildman–Crippen LogP) is 11.9. The monoisotopic (exact) mass is 732 g/mol. The van der Waals surface area contributed by atoms with Crippen LogP contribution in [0.4, 0.5) is 0 Å². The molecule has 0 aliphatic rings. The van der Waals surface area contributed by atoms with Gasteiger partial charge in [0.05, 0.1) is 22.1 Å². The normalized spacial score (nSPS) is 12.1. The number of aromatic nitrogens is 2. The molecule has 0 amide bonds. The molecule has 0 saturated carbocycles. The van der Waals surface area contributed by atoms with Gasteiger partial charge in [-0.3, -0.25) is 9.59 Å². The highest BCUT2D eigenvalue weighted by Gasteiger charge is 2.24. The molecule has 2 N–H and O–H groups in total. The van der Waals surface area contributed by atoms with E-state index in [2.05, 4.69) is 110 Å². The molecule has 0 atom stereocenters. The standard InChI is InChI=1S/C50H40N2O4/c1-49(2,31-11-7-5-8-12-31)33-15-19-35(20-16-33)55-37-23-25-43-39(27-37)47(53)41-29-46-42(30-45(41)51-43)48(54)40-28-38(24-26-44(40)52-46)56-36-21-17-34(18-22-36)50(3,4)32-13-9-6-10-14-32/h5-30H,1-4H3,(H,51,53)(H,52,54). The van der Waals surface area contributed by atoms with Gasteiger partial charge in [0, 0.05) is 32.4 Å². The molecule has 2 heterocycles. The second kappa shape index (κ2) is 13.4. The minimum Gasteiger partial charge on any atom is -0.457 e. The van der Waals surface area contributed by atoms with Crippen LogP contribution in [0.3, 0.4) is 0 Å². The van der Waals surface area contributed by atoms with Crippen LogP contribution in [0.25, 0.3) is 43.6 Å². The van der Waals surface area contributed by atoms with Crippen molar-refractivity contribution in [3.63, 3.8) is 0 Å². The van der Waals surface area contributed by atoms with E-state index in [1.54, 1.807) is 24.3 Å². The van der Waals surface area contributed by atoms with E-state index in [1.807, 2.05) is 60.7 Å². The maximum absolute atomic E-state index is 14.0. The van der Waals surface area contributed by atoms with Crippen molar-refractivity contribution in [3.8, 4) is 23.0 Å². The molecular weight excluding hydrogens is 693 g/mol. The molecule has 6 heteroatoms. The Labute approximate surface area is 324 Å². The Kier molecular flexibility index (Phi) is 8.35. The zero-order valence-corrected chi connectivity index (χ0v) is 31.6. The smallest absolute Gasteiger partial charge is 0.197 e. The minimum atomic E-state index is -0.163. The number of ether oxygens (including phenoxy) is 2. The van der Waals surface area contributed by atoms with E-state index < -0.39 is 0 Å². The van der Waals surface area contributed by atoms with E-state index in [4.69, 9.17) is 9.47 Å². The van der Waals surface area contributed by atoms with Gasteiger partial charge >= 0.3 is 0 Å². The number of benzene rings is 7. The highest BCUT2D eigenvalue weighted by atomic mass is 16.5. The lowest BCUT2D eigenvalue weighted by atomic mass is 9.78. The van der Waals surface area contributed by atoms with Crippen molar-refractivity contribution in [3.05, 3.63) is 200 Å². The third-order valence-corrected chi connectivity index (χ3v) is 11.3. The van der Waals surface area contributed by atoms with Crippen molar-refractivity contribution in [2.45, 2.75) is 38.5 Å². The van der Waals surface area contributed by atoms with Gasteiger partial charge in [-0.1, -0.05) is 113 Å². The molecule has 9 aromatic rings. The van der Waals surface area contributed by atoms with Crippen LogP contribution in [-0.4, -0.2) is 9.97 Å². The summed E-state index contributed by atoms with van der Waals surface area (Å²) >= 11 is 0. The molecule has 0 saturated heterocycles. The summed E-state index contributed by atoms with van der Waals surface area (Å²) in [4.78, 5) is 34.7. The molecule has 56 heavy (non-hydrogen) atoms. The van der Waals surface area contributed by atoms with E-state index >= 15 is 0 Å². The maximum atomic E-state index is 14.0. The molecule has 0 bridgehead atoms. The van der Waals surface area contributed by atoms with Gasteiger partial charge < -0.3 is 19.4 Å². The molecule has 0 unspecified atom stereocenters. The highest BCUT2D eigenvalue weighted by molar-refractivity contribution is 6.03. The number of fused-ring (bicyclic) bond motifs is 4. The van der Waals surface area contributed by atoms with Crippen molar-refractivity contribution in [1.29, 1.82) is 0 Å². The molecule has 2 aromatic heterocycles. The first-order valence-corrected chi connectivity index (χ1v) is 18.8. The number of hydrogen-bond acceptors (Lipinski definition) is 4. The lowest BCUT2D eigenvalue weighted by Crippen LogP contribution is -2.18. The molecule has 7 aromatic carbocycles.